The fourth-order valence-electron chi connectivity index (χ4n) is 1.20. The van der Waals surface area contributed by atoms with E-state index in [0.29, 0.717) is 0 Å². The maximum atomic E-state index is 9.11. The first-order valence-corrected chi connectivity index (χ1v) is 5.51. The van der Waals surface area contributed by atoms with Crippen LogP contribution < -0.4 is 0 Å². The Kier molecular flexibility index (Phi) is 2.83. The Morgan fingerprint density at radius 1 is 1.20 bits per heavy atom. The van der Waals surface area contributed by atoms with E-state index in [1.54, 1.807) is 23.5 Å². The van der Waals surface area contributed by atoms with Gasteiger partial charge in [-0.25, -0.2) is 4.98 Å². The van der Waals surface area contributed by atoms with Gasteiger partial charge in [0.15, 0.2) is 0 Å². The first-order chi connectivity index (χ1) is 7.24. The monoisotopic (exact) mass is 217 g/mol. The first-order valence-electron chi connectivity index (χ1n) is 4.63. The third kappa shape index (κ3) is 2.67. The van der Waals surface area contributed by atoms with Crippen molar-refractivity contribution in [2.75, 3.05) is 0 Å². The Labute approximate surface area is 92.5 Å². The quantitative estimate of drug-likeness (QED) is 0.837. The van der Waals surface area contributed by atoms with Crippen molar-refractivity contribution in [3.63, 3.8) is 0 Å². The number of hydrogen-bond acceptors (Lipinski definition) is 3. The second-order valence-electron chi connectivity index (χ2n) is 3.25. The number of rotatable bonds is 2. The third-order valence-electron chi connectivity index (χ3n) is 1.95. The molecule has 1 aromatic carbocycles. The van der Waals surface area contributed by atoms with Crippen molar-refractivity contribution in [1.29, 1.82) is 0 Å². The van der Waals surface area contributed by atoms with Crippen molar-refractivity contribution in [2.45, 2.75) is 6.92 Å². The minimum absolute atomic E-state index is 0.289. The normalized spacial score (nSPS) is 11.0. The van der Waals surface area contributed by atoms with Gasteiger partial charge in [0.25, 0.3) is 0 Å². The molecule has 2 rings (SSSR count). The summed E-state index contributed by atoms with van der Waals surface area (Å²) in [6.45, 7) is 1.98. The maximum absolute atomic E-state index is 9.11. The predicted octanol–water partition coefficient (Wildman–Crippen LogP) is 3.33. The lowest BCUT2D eigenvalue weighted by Crippen LogP contribution is -1.72. The average molecular weight is 217 g/mol. The molecule has 0 unspecified atom stereocenters. The smallest absolute Gasteiger partial charge is 0.116 e. The van der Waals surface area contributed by atoms with E-state index in [2.05, 4.69) is 4.98 Å². The van der Waals surface area contributed by atoms with Crippen molar-refractivity contribution >= 4 is 23.5 Å². The van der Waals surface area contributed by atoms with Gasteiger partial charge >= 0.3 is 0 Å². The van der Waals surface area contributed by atoms with Gasteiger partial charge in [-0.1, -0.05) is 18.2 Å². The van der Waals surface area contributed by atoms with Crippen molar-refractivity contribution < 1.29 is 5.11 Å². The van der Waals surface area contributed by atoms with Gasteiger partial charge in [-0.2, -0.15) is 0 Å². The molecule has 3 heteroatoms. The molecule has 1 heterocycles. The summed E-state index contributed by atoms with van der Waals surface area (Å²) in [6, 6.07) is 7.08. The van der Waals surface area contributed by atoms with Crippen LogP contribution in [0.1, 0.15) is 16.3 Å². The van der Waals surface area contributed by atoms with E-state index in [9.17, 15) is 0 Å². The molecule has 76 valence electrons. The van der Waals surface area contributed by atoms with Crippen molar-refractivity contribution in [2.24, 2.45) is 0 Å². The lowest BCUT2D eigenvalue weighted by Gasteiger charge is -1.92. The van der Waals surface area contributed by atoms with Crippen LogP contribution in [-0.4, -0.2) is 10.1 Å². The van der Waals surface area contributed by atoms with Gasteiger partial charge in [-0.3, -0.25) is 0 Å². The molecule has 0 saturated carbocycles. The van der Waals surface area contributed by atoms with Crippen LogP contribution in [0.4, 0.5) is 0 Å². The fourth-order valence-corrected chi connectivity index (χ4v) is 1.89. The summed E-state index contributed by atoms with van der Waals surface area (Å²) in [4.78, 5) is 4.33. The summed E-state index contributed by atoms with van der Waals surface area (Å²) in [5, 5.41) is 12.1. The molecule has 2 aromatic rings. The van der Waals surface area contributed by atoms with Gasteiger partial charge in [0, 0.05) is 11.1 Å². The number of nitrogens with zero attached hydrogens (tertiary/aromatic N) is 1. The van der Waals surface area contributed by atoms with Gasteiger partial charge in [0.2, 0.25) is 0 Å². The Bertz CT molecular complexity index is 471. The van der Waals surface area contributed by atoms with Crippen LogP contribution in [0.5, 0.6) is 5.75 Å². The molecule has 0 bridgehead atoms. The summed E-state index contributed by atoms with van der Waals surface area (Å²) < 4.78 is 0. The van der Waals surface area contributed by atoms with E-state index in [1.165, 1.54) is 0 Å². The van der Waals surface area contributed by atoms with Crippen LogP contribution in [0, 0.1) is 6.92 Å². The summed E-state index contributed by atoms with van der Waals surface area (Å²) in [6.07, 6.45) is 3.96. The van der Waals surface area contributed by atoms with Crippen LogP contribution in [0.25, 0.3) is 12.2 Å². The predicted molar refractivity (Wildman–Crippen MR) is 63.9 cm³/mol. The Balaban J connectivity index is 2.14. The standard InChI is InChI=1S/C12H11NOS/c1-9-8-15-12(13-9)7-4-10-2-5-11(14)6-3-10/h2-8,14H,1H3/b7-4+. The Morgan fingerprint density at radius 2 is 1.93 bits per heavy atom. The molecule has 1 aromatic heterocycles. The van der Waals surface area contributed by atoms with Crippen molar-refractivity contribution in [3.05, 3.63) is 45.9 Å². The van der Waals surface area contributed by atoms with Crippen LogP contribution in [-0.2, 0) is 0 Å². The van der Waals surface area contributed by atoms with E-state index >= 15 is 0 Å². The zero-order valence-electron chi connectivity index (χ0n) is 8.34. The highest BCUT2D eigenvalue weighted by Gasteiger charge is 1.93. The molecule has 0 saturated heterocycles. The fraction of sp³-hybridized carbons (Fsp3) is 0.0833. The summed E-state index contributed by atoms with van der Waals surface area (Å²) in [5.74, 6) is 0.289. The van der Waals surface area contributed by atoms with Gasteiger partial charge in [0.05, 0.1) is 0 Å². The number of thiazole rings is 1. The molecular formula is C12H11NOS. The summed E-state index contributed by atoms with van der Waals surface area (Å²) in [5.41, 5.74) is 2.10. The number of aromatic nitrogens is 1. The molecule has 0 aliphatic carbocycles. The molecule has 0 amide bonds. The van der Waals surface area contributed by atoms with Gasteiger partial charge in [-0.15, -0.1) is 11.3 Å². The lowest BCUT2D eigenvalue weighted by atomic mass is 10.2. The minimum atomic E-state index is 0.289. The van der Waals surface area contributed by atoms with E-state index in [-0.39, 0.29) is 5.75 Å². The van der Waals surface area contributed by atoms with Gasteiger partial charge in [0.1, 0.15) is 10.8 Å². The van der Waals surface area contributed by atoms with E-state index in [1.807, 2.05) is 36.6 Å². The SMILES string of the molecule is Cc1csc(/C=C/c2ccc(O)cc2)n1. The van der Waals surface area contributed by atoms with Crippen LogP contribution in [0.2, 0.25) is 0 Å². The van der Waals surface area contributed by atoms with Crippen molar-refractivity contribution in [1.82, 2.24) is 4.98 Å². The number of aromatic hydroxyl groups is 1. The molecule has 0 radical (unpaired) electrons. The highest BCUT2D eigenvalue weighted by atomic mass is 32.1. The average Bonchev–Trinajstić information content (AvgIpc) is 2.64. The van der Waals surface area contributed by atoms with Crippen molar-refractivity contribution in [3.8, 4) is 5.75 Å². The number of benzene rings is 1. The molecule has 2 nitrogen and oxygen atoms in total. The molecule has 0 aliphatic rings. The number of hydrogen-bond donors (Lipinski definition) is 1. The van der Waals surface area contributed by atoms with Crippen LogP contribution >= 0.6 is 11.3 Å². The largest absolute Gasteiger partial charge is 0.508 e. The maximum Gasteiger partial charge on any atom is 0.116 e. The van der Waals surface area contributed by atoms with Crippen LogP contribution in [0.3, 0.4) is 0 Å². The molecular weight excluding hydrogens is 206 g/mol. The molecule has 0 spiro atoms. The van der Waals surface area contributed by atoms with Gasteiger partial charge in [-0.05, 0) is 30.7 Å². The van der Waals surface area contributed by atoms with E-state index in [0.717, 1.165) is 16.3 Å². The Morgan fingerprint density at radius 3 is 2.53 bits per heavy atom. The molecule has 0 aliphatic heterocycles. The molecule has 0 atom stereocenters. The lowest BCUT2D eigenvalue weighted by molar-refractivity contribution is 0.475. The number of aryl methyl sites for hydroxylation is 1. The molecule has 0 fully saturated rings. The van der Waals surface area contributed by atoms with Gasteiger partial charge < -0.3 is 5.11 Å². The zero-order valence-corrected chi connectivity index (χ0v) is 9.16. The Hall–Kier alpha value is -1.61. The third-order valence-corrected chi connectivity index (χ3v) is 2.88. The summed E-state index contributed by atoms with van der Waals surface area (Å²) >= 11 is 1.62. The van der Waals surface area contributed by atoms with Crippen LogP contribution in [0.15, 0.2) is 29.6 Å². The molecule has 1 N–H and O–H groups in total. The topological polar surface area (TPSA) is 33.1 Å². The second kappa shape index (κ2) is 4.28. The minimum Gasteiger partial charge on any atom is -0.508 e. The number of phenolic OH excluding ortho intramolecular Hbond substituents is 1. The zero-order chi connectivity index (χ0) is 10.7. The molecule has 15 heavy (non-hydrogen) atoms. The van der Waals surface area contributed by atoms with E-state index < -0.39 is 0 Å². The van der Waals surface area contributed by atoms with E-state index in [4.69, 9.17) is 5.11 Å². The highest BCUT2D eigenvalue weighted by molar-refractivity contribution is 7.10. The summed E-state index contributed by atoms with van der Waals surface area (Å²) in [7, 11) is 0. The highest BCUT2D eigenvalue weighted by Crippen LogP contribution is 2.15. The first kappa shape index (κ1) is 9.93. The second-order valence-corrected chi connectivity index (χ2v) is 4.14. The number of phenols is 1.